The molecular formula is C16H17BrN6O. The van der Waals surface area contributed by atoms with Crippen molar-refractivity contribution < 1.29 is 4.79 Å². The van der Waals surface area contributed by atoms with E-state index in [1.807, 2.05) is 31.2 Å². The average Bonchev–Trinajstić information content (AvgIpc) is 2.98. The number of benzene rings is 1. The van der Waals surface area contributed by atoms with E-state index in [2.05, 4.69) is 36.2 Å². The van der Waals surface area contributed by atoms with Crippen molar-refractivity contribution in [3.05, 3.63) is 40.6 Å². The molecule has 0 aliphatic heterocycles. The number of nitrogens with two attached hydrogens (primary N) is 2. The van der Waals surface area contributed by atoms with Crippen LogP contribution < -0.4 is 16.8 Å². The van der Waals surface area contributed by atoms with Crippen LogP contribution in [-0.2, 0) is 0 Å². The van der Waals surface area contributed by atoms with E-state index in [-0.39, 0.29) is 11.7 Å². The number of amides is 1. The van der Waals surface area contributed by atoms with Gasteiger partial charge in [0.15, 0.2) is 5.69 Å². The van der Waals surface area contributed by atoms with Crippen LogP contribution in [0.4, 0.5) is 5.82 Å². The van der Waals surface area contributed by atoms with Crippen molar-refractivity contribution in [2.75, 3.05) is 11.9 Å². The highest BCUT2D eigenvalue weighted by molar-refractivity contribution is 9.10. The maximum atomic E-state index is 11.7. The molecule has 6 N–H and O–H groups in total. The molecule has 0 bridgehead atoms. The number of carbonyl (C=O) groups excluding carboxylic acids is 1. The lowest BCUT2D eigenvalue weighted by Crippen LogP contribution is -2.26. The number of anilines is 1. The number of aromatic nitrogens is 3. The molecular weight excluding hydrogens is 372 g/mol. The van der Waals surface area contributed by atoms with Gasteiger partial charge in [0.1, 0.15) is 11.5 Å². The molecule has 1 unspecified atom stereocenters. The van der Waals surface area contributed by atoms with E-state index in [0.717, 1.165) is 15.4 Å². The zero-order chi connectivity index (χ0) is 17.3. The van der Waals surface area contributed by atoms with Crippen LogP contribution in [0.5, 0.6) is 0 Å². The van der Waals surface area contributed by atoms with E-state index >= 15 is 0 Å². The molecule has 3 aromatic rings. The Labute approximate surface area is 147 Å². The molecule has 0 saturated heterocycles. The van der Waals surface area contributed by atoms with Gasteiger partial charge in [-0.1, -0.05) is 22.0 Å². The first kappa shape index (κ1) is 16.4. The van der Waals surface area contributed by atoms with Gasteiger partial charge in [0, 0.05) is 28.0 Å². The fraction of sp³-hybridized carbons (Fsp3) is 0.188. The Morgan fingerprint density at radius 2 is 2.25 bits per heavy atom. The summed E-state index contributed by atoms with van der Waals surface area (Å²) in [5, 5.41) is 4.08. The summed E-state index contributed by atoms with van der Waals surface area (Å²) in [5.41, 5.74) is 13.3. The summed E-state index contributed by atoms with van der Waals surface area (Å²) in [6.07, 6.45) is 1.48. The van der Waals surface area contributed by atoms with Gasteiger partial charge < -0.3 is 21.8 Å². The Morgan fingerprint density at radius 1 is 1.46 bits per heavy atom. The summed E-state index contributed by atoms with van der Waals surface area (Å²) in [4.78, 5) is 23.6. The van der Waals surface area contributed by atoms with Crippen molar-refractivity contribution in [1.29, 1.82) is 0 Å². The second-order valence-electron chi connectivity index (χ2n) is 5.56. The zero-order valence-corrected chi connectivity index (χ0v) is 14.6. The van der Waals surface area contributed by atoms with Gasteiger partial charge >= 0.3 is 0 Å². The molecule has 124 valence electrons. The second kappa shape index (κ2) is 6.58. The molecule has 0 aliphatic carbocycles. The summed E-state index contributed by atoms with van der Waals surface area (Å²) < 4.78 is 0.947. The van der Waals surface area contributed by atoms with Crippen molar-refractivity contribution in [2.24, 2.45) is 11.5 Å². The Balaban J connectivity index is 2.10. The van der Waals surface area contributed by atoms with E-state index in [9.17, 15) is 4.79 Å². The van der Waals surface area contributed by atoms with Crippen molar-refractivity contribution in [2.45, 2.75) is 13.0 Å². The van der Waals surface area contributed by atoms with Crippen molar-refractivity contribution in [3.8, 4) is 11.4 Å². The molecule has 1 aromatic carbocycles. The number of halogens is 1. The molecule has 2 heterocycles. The van der Waals surface area contributed by atoms with Crippen LogP contribution in [0, 0.1) is 0 Å². The first-order valence-corrected chi connectivity index (χ1v) is 8.19. The Morgan fingerprint density at radius 3 is 2.92 bits per heavy atom. The normalized spacial score (nSPS) is 12.3. The van der Waals surface area contributed by atoms with Gasteiger partial charge in [-0.05, 0) is 25.1 Å². The average molecular weight is 389 g/mol. The molecule has 2 aromatic heterocycles. The lowest BCUT2D eigenvalue weighted by atomic mass is 10.2. The number of hydrogen-bond acceptors (Lipinski definition) is 5. The number of carbonyl (C=O) groups is 1. The van der Waals surface area contributed by atoms with Crippen molar-refractivity contribution >= 4 is 38.6 Å². The first-order valence-electron chi connectivity index (χ1n) is 7.39. The predicted octanol–water partition coefficient (Wildman–Crippen LogP) is 2.25. The molecule has 3 rings (SSSR count). The van der Waals surface area contributed by atoms with Crippen LogP contribution in [-0.4, -0.2) is 33.4 Å². The summed E-state index contributed by atoms with van der Waals surface area (Å²) >= 11 is 3.51. The SMILES string of the molecule is CC(N)CNc1cnc(C(N)=O)c(-c2cc3c(Br)cccc3[nH]2)n1. The first-order chi connectivity index (χ1) is 11.5. The summed E-state index contributed by atoms with van der Waals surface area (Å²) in [6.45, 7) is 2.43. The largest absolute Gasteiger partial charge is 0.367 e. The van der Waals surface area contributed by atoms with Gasteiger partial charge in [-0.25, -0.2) is 9.97 Å². The van der Waals surface area contributed by atoms with Crippen LogP contribution >= 0.6 is 15.9 Å². The number of H-pyrrole nitrogens is 1. The third kappa shape index (κ3) is 3.24. The van der Waals surface area contributed by atoms with Gasteiger partial charge in [0.25, 0.3) is 5.91 Å². The van der Waals surface area contributed by atoms with Crippen molar-refractivity contribution in [1.82, 2.24) is 15.0 Å². The number of aromatic amines is 1. The maximum Gasteiger partial charge on any atom is 0.269 e. The van der Waals surface area contributed by atoms with Crippen LogP contribution in [0.3, 0.4) is 0 Å². The topological polar surface area (TPSA) is 123 Å². The van der Waals surface area contributed by atoms with Crippen molar-refractivity contribution in [3.63, 3.8) is 0 Å². The minimum absolute atomic E-state index is 0.0323. The summed E-state index contributed by atoms with van der Waals surface area (Å²) in [6, 6.07) is 7.69. The van der Waals surface area contributed by atoms with Gasteiger partial charge in [-0.3, -0.25) is 4.79 Å². The molecule has 8 heteroatoms. The number of nitrogens with one attached hydrogen (secondary N) is 2. The van der Waals surface area contributed by atoms with Gasteiger partial charge in [-0.2, -0.15) is 0 Å². The molecule has 0 aliphatic rings. The quantitative estimate of drug-likeness (QED) is 0.533. The third-order valence-electron chi connectivity index (χ3n) is 3.48. The van der Waals surface area contributed by atoms with E-state index in [1.165, 1.54) is 6.20 Å². The summed E-state index contributed by atoms with van der Waals surface area (Å²) in [5.74, 6) is -0.0982. The predicted molar refractivity (Wildman–Crippen MR) is 97.7 cm³/mol. The number of primary amides is 1. The molecule has 1 atom stereocenters. The highest BCUT2D eigenvalue weighted by atomic mass is 79.9. The molecule has 0 saturated carbocycles. The molecule has 0 spiro atoms. The number of nitrogens with zero attached hydrogens (tertiary/aromatic N) is 2. The third-order valence-corrected chi connectivity index (χ3v) is 4.17. The van der Waals surface area contributed by atoms with Crippen LogP contribution in [0.1, 0.15) is 17.4 Å². The molecule has 7 nitrogen and oxygen atoms in total. The smallest absolute Gasteiger partial charge is 0.269 e. The highest BCUT2D eigenvalue weighted by Gasteiger charge is 2.17. The van der Waals surface area contributed by atoms with Crippen LogP contribution in [0.25, 0.3) is 22.3 Å². The Bertz CT molecular complexity index is 905. The fourth-order valence-corrected chi connectivity index (χ4v) is 2.83. The van der Waals surface area contributed by atoms with E-state index in [0.29, 0.717) is 23.8 Å². The maximum absolute atomic E-state index is 11.7. The standard InChI is InChI=1S/C16H17BrN6O/c1-8(18)6-20-13-7-21-15(16(19)24)14(23-13)12-5-9-10(17)3-2-4-11(9)22-12/h2-5,7-8,22H,6,18H2,1H3,(H2,19,24)(H,20,23). The summed E-state index contributed by atoms with van der Waals surface area (Å²) in [7, 11) is 0. The number of fused-ring (bicyclic) bond motifs is 1. The molecule has 0 radical (unpaired) electrons. The van der Waals surface area contributed by atoms with Gasteiger partial charge in [0.05, 0.1) is 11.9 Å². The molecule has 1 amide bonds. The minimum atomic E-state index is -0.631. The monoisotopic (exact) mass is 388 g/mol. The number of rotatable bonds is 5. The lowest BCUT2D eigenvalue weighted by molar-refractivity contribution is 0.0996. The van der Waals surface area contributed by atoms with E-state index in [1.54, 1.807) is 0 Å². The Hall–Kier alpha value is -2.45. The van der Waals surface area contributed by atoms with E-state index in [4.69, 9.17) is 11.5 Å². The molecule has 0 fully saturated rings. The van der Waals surface area contributed by atoms with Crippen LogP contribution in [0.15, 0.2) is 34.9 Å². The van der Waals surface area contributed by atoms with Crippen LogP contribution in [0.2, 0.25) is 0 Å². The Kier molecular flexibility index (Phi) is 4.50. The lowest BCUT2D eigenvalue weighted by Gasteiger charge is -2.10. The second-order valence-corrected chi connectivity index (χ2v) is 6.41. The van der Waals surface area contributed by atoms with E-state index < -0.39 is 5.91 Å². The van der Waals surface area contributed by atoms with Gasteiger partial charge in [-0.15, -0.1) is 0 Å². The number of hydrogen-bond donors (Lipinski definition) is 4. The highest BCUT2D eigenvalue weighted by Crippen LogP contribution is 2.30. The minimum Gasteiger partial charge on any atom is -0.367 e. The zero-order valence-electron chi connectivity index (χ0n) is 13.0. The fourth-order valence-electron chi connectivity index (χ4n) is 2.35. The molecule has 24 heavy (non-hydrogen) atoms. The van der Waals surface area contributed by atoms with Gasteiger partial charge in [0.2, 0.25) is 0 Å².